The number of phenolic OH excluding ortho intramolecular Hbond substituents is 1. The minimum absolute atomic E-state index is 0.0143. The van der Waals surface area contributed by atoms with Crippen LogP contribution >= 0.6 is 0 Å². The molecule has 0 bridgehead atoms. The Hall–Kier alpha value is -2.94. The Balaban J connectivity index is 2.37. The summed E-state index contributed by atoms with van der Waals surface area (Å²) >= 11 is 0. The quantitative estimate of drug-likeness (QED) is 0.477. The van der Waals surface area contributed by atoms with Gasteiger partial charge >= 0.3 is 0 Å². The monoisotopic (exact) mass is 364 g/mol. The lowest BCUT2D eigenvalue weighted by atomic mass is 10.1. The molecule has 2 rings (SSSR count). The number of nitrogens with one attached hydrogen (secondary N) is 1. The fourth-order valence-electron chi connectivity index (χ4n) is 2.12. The normalized spacial score (nSPS) is 11.1. The molecule has 0 saturated heterocycles. The summed E-state index contributed by atoms with van der Waals surface area (Å²) in [6, 6.07) is 7.51. The molecule has 0 heterocycles. The molecular weight excluding hydrogens is 348 g/mol. The third kappa shape index (κ3) is 3.94. The Morgan fingerprint density at radius 2 is 1.92 bits per heavy atom. The summed E-state index contributed by atoms with van der Waals surface area (Å²) in [5, 5.41) is 23.2. The number of aromatic hydroxyl groups is 1. The topological polar surface area (TPSA) is 127 Å². The van der Waals surface area contributed by atoms with Crippen LogP contribution in [0.3, 0.4) is 0 Å². The summed E-state index contributed by atoms with van der Waals surface area (Å²) in [4.78, 5) is 22.6. The van der Waals surface area contributed by atoms with Gasteiger partial charge in [0.05, 0.1) is 21.3 Å². The van der Waals surface area contributed by atoms with Crippen LogP contribution in [0.2, 0.25) is 0 Å². The lowest BCUT2D eigenvalue weighted by molar-refractivity contribution is -0.385. The Morgan fingerprint density at radius 1 is 1.24 bits per heavy atom. The van der Waals surface area contributed by atoms with E-state index in [1.807, 2.05) is 0 Å². The molecule has 1 amide bonds. The van der Waals surface area contributed by atoms with Gasteiger partial charge in [0, 0.05) is 17.2 Å². The summed E-state index contributed by atoms with van der Waals surface area (Å²) in [5.74, 6) is -1.15. The number of hydrogen-bond donors (Lipinski definition) is 2. The number of phenols is 1. The molecule has 2 aromatic rings. The highest BCUT2D eigenvalue weighted by molar-refractivity contribution is 7.91. The van der Waals surface area contributed by atoms with E-state index in [9.17, 15) is 28.4 Å². The molecule has 25 heavy (non-hydrogen) atoms. The lowest BCUT2D eigenvalue weighted by Gasteiger charge is -2.10. The molecule has 0 aromatic heterocycles. The first kappa shape index (κ1) is 18.4. The number of aryl methyl sites for hydroxylation is 1. The Morgan fingerprint density at radius 3 is 2.52 bits per heavy atom. The molecule has 0 aliphatic heterocycles. The third-order valence-corrected chi connectivity index (χ3v) is 5.36. The maximum Gasteiger partial charge on any atom is 0.273 e. The van der Waals surface area contributed by atoms with Gasteiger partial charge in [-0.2, -0.15) is 0 Å². The number of nitro benzene ring substituents is 1. The van der Waals surface area contributed by atoms with E-state index in [-0.39, 0.29) is 33.3 Å². The van der Waals surface area contributed by atoms with Crippen molar-refractivity contribution < 1.29 is 23.2 Å². The number of sulfone groups is 1. The molecule has 0 radical (unpaired) electrons. The van der Waals surface area contributed by atoms with E-state index in [1.165, 1.54) is 25.1 Å². The molecule has 132 valence electrons. The van der Waals surface area contributed by atoms with Crippen molar-refractivity contribution in [2.75, 3.05) is 11.1 Å². The molecule has 2 aromatic carbocycles. The van der Waals surface area contributed by atoms with E-state index in [0.717, 1.165) is 18.2 Å². The molecule has 0 saturated carbocycles. The van der Waals surface area contributed by atoms with Crippen molar-refractivity contribution in [3.05, 3.63) is 57.6 Å². The van der Waals surface area contributed by atoms with Crippen LogP contribution in [0.25, 0.3) is 0 Å². The summed E-state index contributed by atoms with van der Waals surface area (Å²) in [6.45, 7) is 3.02. The van der Waals surface area contributed by atoms with Crippen LogP contribution in [0, 0.1) is 17.0 Å². The highest BCUT2D eigenvalue weighted by atomic mass is 32.2. The molecule has 0 atom stereocenters. The number of nitrogens with zero attached hydrogens (tertiary/aromatic N) is 1. The zero-order valence-corrected chi connectivity index (χ0v) is 14.3. The van der Waals surface area contributed by atoms with E-state index in [0.29, 0.717) is 5.56 Å². The average Bonchev–Trinajstić information content (AvgIpc) is 2.56. The van der Waals surface area contributed by atoms with Crippen molar-refractivity contribution in [1.82, 2.24) is 0 Å². The van der Waals surface area contributed by atoms with Crippen molar-refractivity contribution in [3.63, 3.8) is 0 Å². The largest absolute Gasteiger partial charge is 0.506 e. The molecule has 2 N–H and O–H groups in total. The van der Waals surface area contributed by atoms with Gasteiger partial charge in [0.1, 0.15) is 5.75 Å². The minimum Gasteiger partial charge on any atom is -0.506 e. The maximum absolute atomic E-state index is 12.3. The smallest absolute Gasteiger partial charge is 0.273 e. The molecule has 0 fully saturated rings. The first-order chi connectivity index (χ1) is 11.7. The van der Waals surface area contributed by atoms with Gasteiger partial charge in [0.25, 0.3) is 11.6 Å². The minimum atomic E-state index is -3.51. The summed E-state index contributed by atoms with van der Waals surface area (Å²) < 4.78 is 23.8. The Kier molecular flexibility index (Phi) is 5.07. The highest BCUT2D eigenvalue weighted by Crippen LogP contribution is 2.28. The van der Waals surface area contributed by atoms with Crippen LogP contribution in [0.1, 0.15) is 22.8 Å². The van der Waals surface area contributed by atoms with Crippen molar-refractivity contribution in [2.24, 2.45) is 0 Å². The number of nitro groups is 1. The van der Waals surface area contributed by atoms with Crippen molar-refractivity contribution in [2.45, 2.75) is 18.7 Å². The molecule has 8 nitrogen and oxygen atoms in total. The van der Waals surface area contributed by atoms with Gasteiger partial charge in [-0.3, -0.25) is 14.9 Å². The first-order valence-corrected chi connectivity index (χ1v) is 8.93. The van der Waals surface area contributed by atoms with Gasteiger partial charge in [-0.15, -0.1) is 0 Å². The van der Waals surface area contributed by atoms with Crippen molar-refractivity contribution >= 4 is 27.1 Å². The van der Waals surface area contributed by atoms with Gasteiger partial charge in [0.15, 0.2) is 9.84 Å². The molecule has 0 aliphatic carbocycles. The zero-order chi connectivity index (χ0) is 18.8. The SMILES string of the molecule is CCS(=O)(=O)c1ccc(O)c(NC(=O)c2ccc(C)c([N+](=O)[O-])c2)c1. The van der Waals surface area contributed by atoms with Gasteiger partial charge in [-0.25, -0.2) is 8.42 Å². The van der Waals surface area contributed by atoms with Gasteiger partial charge in [0.2, 0.25) is 0 Å². The van der Waals surface area contributed by atoms with E-state index in [2.05, 4.69) is 5.32 Å². The van der Waals surface area contributed by atoms with Gasteiger partial charge in [-0.05, 0) is 31.2 Å². The summed E-state index contributed by atoms with van der Waals surface area (Å²) in [5.41, 5.74) is 0.114. The number of benzene rings is 2. The van der Waals surface area contributed by atoms with Crippen molar-refractivity contribution in [1.29, 1.82) is 0 Å². The zero-order valence-electron chi connectivity index (χ0n) is 13.5. The average molecular weight is 364 g/mol. The first-order valence-electron chi connectivity index (χ1n) is 7.28. The Labute approximate surface area is 144 Å². The maximum atomic E-state index is 12.3. The van der Waals surface area contributed by atoms with Crippen LogP contribution in [0.15, 0.2) is 41.3 Å². The standard InChI is InChI=1S/C16H16N2O6S/c1-3-25(23,24)12-6-7-15(19)13(9-12)17-16(20)11-5-4-10(2)14(8-11)18(21)22/h4-9,19H,3H2,1-2H3,(H,17,20). The summed E-state index contributed by atoms with van der Waals surface area (Å²) in [6.07, 6.45) is 0. The summed E-state index contributed by atoms with van der Waals surface area (Å²) in [7, 11) is -3.51. The number of hydrogen-bond acceptors (Lipinski definition) is 6. The number of rotatable bonds is 5. The predicted molar refractivity (Wildman–Crippen MR) is 91.6 cm³/mol. The molecular formula is C16H16N2O6S. The van der Waals surface area contributed by atoms with Gasteiger partial charge in [-0.1, -0.05) is 13.0 Å². The van der Waals surface area contributed by atoms with E-state index in [4.69, 9.17) is 0 Å². The molecule has 0 unspecified atom stereocenters. The molecule has 9 heteroatoms. The third-order valence-electron chi connectivity index (χ3n) is 3.62. The van der Waals surface area contributed by atoms with E-state index < -0.39 is 20.7 Å². The van der Waals surface area contributed by atoms with Crippen LogP contribution in [-0.4, -0.2) is 30.1 Å². The predicted octanol–water partition coefficient (Wildman–Crippen LogP) is 2.65. The fourth-order valence-corrected chi connectivity index (χ4v) is 3.02. The van der Waals surface area contributed by atoms with E-state index in [1.54, 1.807) is 6.92 Å². The second-order valence-electron chi connectivity index (χ2n) is 5.29. The lowest BCUT2D eigenvalue weighted by Crippen LogP contribution is -2.13. The van der Waals surface area contributed by atoms with Crippen LogP contribution in [0.5, 0.6) is 5.75 Å². The number of amides is 1. The fraction of sp³-hybridized carbons (Fsp3) is 0.188. The van der Waals surface area contributed by atoms with Crippen LogP contribution in [-0.2, 0) is 9.84 Å². The van der Waals surface area contributed by atoms with Crippen LogP contribution in [0.4, 0.5) is 11.4 Å². The second-order valence-corrected chi connectivity index (χ2v) is 7.57. The molecule has 0 spiro atoms. The Bertz CT molecular complexity index is 953. The number of carbonyl (C=O) groups is 1. The molecule has 0 aliphatic rings. The van der Waals surface area contributed by atoms with Crippen molar-refractivity contribution in [3.8, 4) is 5.75 Å². The van der Waals surface area contributed by atoms with E-state index >= 15 is 0 Å². The number of carbonyl (C=O) groups excluding carboxylic acids is 1. The van der Waals surface area contributed by atoms with Crippen LogP contribution < -0.4 is 5.32 Å². The van der Waals surface area contributed by atoms with Gasteiger partial charge < -0.3 is 10.4 Å². The second kappa shape index (κ2) is 6.89. The highest BCUT2D eigenvalue weighted by Gasteiger charge is 2.18. The number of anilines is 1.